The Balaban J connectivity index is 2.23. The first-order valence-corrected chi connectivity index (χ1v) is 8.26. The molecule has 112 valence electrons. The van der Waals surface area contributed by atoms with Gasteiger partial charge in [-0.25, -0.2) is 0 Å². The van der Waals surface area contributed by atoms with Crippen molar-refractivity contribution in [3.8, 4) is 5.75 Å². The number of nitrogens with one attached hydrogen (secondary N) is 1. The van der Waals surface area contributed by atoms with E-state index in [1.165, 1.54) is 18.5 Å². The summed E-state index contributed by atoms with van der Waals surface area (Å²) in [5.74, 6) is 1.65. The number of ether oxygens (including phenoxy) is 1. The molecular formula is C16H25BrN2O. The maximum atomic E-state index is 5.53. The lowest BCUT2D eigenvalue weighted by Gasteiger charge is -2.30. The Hall–Kier alpha value is -0.740. The summed E-state index contributed by atoms with van der Waals surface area (Å²) < 4.78 is 6.64. The van der Waals surface area contributed by atoms with E-state index >= 15 is 0 Å². The number of rotatable bonds is 4. The van der Waals surface area contributed by atoms with Crippen LogP contribution in [0.3, 0.4) is 0 Å². The number of benzene rings is 1. The molecule has 1 aliphatic rings. The van der Waals surface area contributed by atoms with Crippen LogP contribution < -0.4 is 15.0 Å². The molecule has 20 heavy (non-hydrogen) atoms. The zero-order valence-corrected chi connectivity index (χ0v) is 14.2. The highest BCUT2D eigenvalue weighted by molar-refractivity contribution is 9.10. The molecule has 2 rings (SSSR count). The van der Waals surface area contributed by atoms with Gasteiger partial charge in [0, 0.05) is 23.6 Å². The third-order valence-electron chi connectivity index (χ3n) is 4.24. The van der Waals surface area contributed by atoms with Crippen LogP contribution >= 0.6 is 15.9 Å². The fourth-order valence-corrected chi connectivity index (χ4v) is 3.09. The summed E-state index contributed by atoms with van der Waals surface area (Å²) >= 11 is 3.57. The number of hydrogen-bond acceptors (Lipinski definition) is 3. The van der Waals surface area contributed by atoms with Gasteiger partial charge in [-0.1, -0.05) is 36.2 Å². The average molecular weight is 341 g/mol. The Morgan fingerprint density at radius 1 is 1.50 bits per heavy atom. The molecule has 2 atom stereocenters. The van der Waals surface area contributed by atoms with Gasteiger partial charge >= 0.3 is 0 Å². The van der Waals surface area contributed by atoms with Gasteiger partial charge in [-0.15, -0.1) is 0 Å². The molecule has 1 saturated heterocycles. The van der Waals surface area contributed by atoms with Crippen molar-refractivity contribution in [3.05, 3.63) is 22.7 Å². The summed E-state index contributed by atoms with van der Waals surface area (Å²) in [6.45, 7) is 7.82. The summed E-state index contributed by atoms with van der Waals surface area (Å²) in [5.41, 5.74) is 1.19. The summed E-state index contributed by atoms with van der Waals surface area (Å²) in [4.78, 5) is 2.46. The molecule has 1 N–H and O–H groups in total. The third kappa shape index (κ3) is 3.67. The molecule has 4 heteroatoms. The predicted molar refractivity (Wildman–Crippen MR) is 88.8 cm³/mol. The van der Waals surface area contributed by atoms with Crippen LogP contribution in [-0.2, 0) is 0 Å². The maximum Gasteiger partial charge on any atom is 0.142 e. The summed E-state index contributed by atoms with van der Waals surface area (Å²) in [5, 5.41) is 3.69. The Labute approximate surface area is 130 Å². The van der Waals surface area contributed by atoms with E-state index in [1.807, 2.05) is 12.1 Å². The second-order valence-corrected chi connectivity index (χ2v) is 6.48. The Bertz CT molecular complexity index is 438. The van der Waals surface area contributed by atoms with Crippen LogP contribution in [0.1, 0.15) is 26.7 Å². The van der Waals surface area contributed by atoms with Gasteiger partial charge in [-0.2, -0.15) is 0 Å². The quantitative estimate of drug-likeness (QED) is 0.904. The minimum atomic E-state index is 0.547. The number of anilines is 1. The number of hydrogen-bond donors (Lipinski definition) is 1. The van der Waals surface area contributed by atoms with Crippen LogP contribution in [-0.4, -0.2) is 32.8 Å². The standard InChI is InChI=1S/C16H25BrN2O/c1-4-12(2)14-11-19(9-5-8-18-14)15-10-13(17)6-7-16(15)20-3/h6-7,10,12,14,18H,4-5,8-9,11H2,1-3H3. The van der Waals surface area contributed by atoms with Gasteiger partial charge in [0.05, 0.1) is 12.8 Å². The topological polar surface area (TPSA) is 24.5 Å². The van der Waals surface area contributed by atoms with Gasteiger partial charge in [0.2, 0.25) is 0 Å². The van der Waals surface area contributed by atoms with Crippen molar-refractivity contribution in [2.75, 3.05) is 31.6 Å². The van der Waals surface area contributed by atoms with Gasteiger partial charge in [-0.05, 0) is 37.1 Å². The first-order valence-electron chi connectivity index (χ1n) is 7.47. The monoisotopic (exact) mass is 340 g/mol. The van der Waals surface area contributed by atoms with Crippen LogP contribution in [0.4, 0.5) is 5.69 Å². The second kappa shape index (κ2) is 7.32. The smallest absolute Gasteiger partial charge is 0.142 e. The largest absolute Gasteiger partial charge is 0.495 e. The van der Waals surface area contributed by atoms with Crippen LogP contribution in [0.2, 0.25) is 0 Å². The maximum absolute atomic E-state index is 5.53. The molecule has 0 saturated carbocycles. The van der Waals surface area contributed by atoms with E-state index in [1.54, 1.807) is 7.11 Å². The van der Waals surface area contributed by atoms with Crippen LogP contribution in [0.5, 0.6) is 5.75 Å². The normalized spacial score (nSPS) is 21.4. The zero-order chi connectivity index (χ0) is 14.5. The van der Waals surface area contributed by atoms with E-state index in [0.717, 1.165) is 29.9 Å². The Morgan fingerprint density at radius 3 is 3.00 bits per heavy atom. The lowest BCUT2D eigenvalue weighted by atomic mass is 9.99. The molecule has 0 amide bonds. The molecule has 1 aliphatic heterocycles. The molecule has 0 spiro atoms. The van der Waals surface area contributed by atoms with E-state index in [4.69, 9.17) is 4.74 Å². The minimum Gasteiger partial charge on any atom is -0.495 e. The predicted octanol–water partition coefficient (Wildman–Crippen LogP) is 3.67. The fraction of sp³-hybridized carbons (Fsp3) is 0.625. The Morgan fingerprint density at radius 2 is 2.30 bits per heavy atom. The van der Waals surface area contributed by atoms with Crippen molar-refractivity contribution >= 4 is 21.6 Å². The number of methoxy groups -OCH3 is 1. The highest BCUT2D eigenvalue weighted by atomic mass is 79.9. The van der Waals surface area contributed by atoms with Crippen molar-refractivity contribution in [2.24, 2.45) is 5.92 Å². The summed E-state index contributed by atoms with van der Waals surface area (Å²) in [7, 11) is 1.75. The lowest BCUT2D eigenvalue weighted by molar-refractivity contribution is 0.381. The van der Waals surface area contributed by atoms with Crippen LogP contribution in [0, 0.1) is 5.92 Å². The first-order chi connectivity index (χ1) is 9.65. The number of halogens is 1. The molecule has 2 unspecified atom stereocenters. The Kier molecular flexibility index (Phi) is 5.73. The van der Waals surface area contributed by atoms with Gasteiger partial charge in [0.1, 0.15) is 5.75 Å². The molecule has 3 nitrogen and oxygen atoms in total. The first kappa shape index (κ1) is 15.6. The zero-order valence-electron chi connectivity index (χ0n) is 12.7. The molecule has 1 heterocycles. The van der Waals surface area contributed by atoms with Crippen LogP contribution in [0.25, 0.3) is 0 Å². The highest BCUT2D eigenvalue weighted by Crippen LogP contribution is 2.32. The highest BCUT2D eigenvalue weighted by Gasteiger charge is 2.23. The fourth-order valence-electron chi connectivity index (χ4n) is 2.75. The van der Waals surface area contributed by atoms with E-state index < -0.39 is 0 Å². The average Bonchev–Trinajstić information content (AvgIpc) is 2.72. The van der Waals surface area contributed by atoms with E-state index in [9.17, 15) is 0 Å². The molecule has 0 aliphatic carbocycles. The summed E-state index contributed by atoms with van der Waals surface area (Å²) in [6, 6.07) is 6.78. The summed E-state index contributed by atoms with van der Waals surface area (Å²) in [6.07, 6.45) is 2.38. The third-order valence-corrected chi connectivity index (χ3v) is 4.73. The second-order valence-electron chi connectivity index (χ2n) is 5.56. The molecule has 1 fully saturated rings. The van der Waals surface area contributed by atoms with Crippen molar-refractivity contribution in [2.45, 2.75) is 32.7 Å². The molecule has 0 aromatic heterocycles. The lowest BCUT2D eigenvalue weighted by Crippen LogP contribution is -2.42. The van der Waals surface area contributed by atoms with Crippen molar-refractivity contribution in [3.63, 3.8) is 0 Å². The van der Waals surface area contributed by atoms with Gasteiger partial charge in [-0.3, -0.25) is 0 Å². The minimum absolute atomic E-state index is 0.547. The number of nitrogens with zero attached hydrogens (tertiary/aromatic N) is 1. The molecule has 1 aromatic rings. The van der Waals surface area contributed by atoms with Crippen molar-refractivity contribution in [1.82, 2.24) is 5.32 Å². The molecule has 0 radical (unpaired) electrons. The van der Waals surface area contributed by atoms with Gasteiger partial charge in [0.25, 0.3) is 0 Å². The van der Waals surface area contributed by atoms with E-state index in [0.29, 0.717) is 12.0 Å². The molecule has 1 aromatic carbocycles. The van der Waals surface area contributed by atoms with Gasteiger partial charge < -0.3 is 15.0 Å². The van der Waals surface area contributed by atoms with Gasteiger partial charge in [0.15, 0.2) is 0 Å². The SMILES string of the molecule is CCC(C)C1CN(c2cc(Br)ccc2OC)CCCN1. The molecule has 0 bridgehead atoms. The molecular weight excluding hydrogens is 316 g/mol. The van der Waals surface area contributed by atoms with Crippen molar-refractivity contribution < 1.29 is 4.74 Å². The van der Waals surface area contributed by atoms with Crippen LogP contribution in [0.15, 0.2) is 22.7 Å². The van der Waals surface area contributed by atoms with E-state index in [2.05, 4.69) is 46.1 Å². The van der Waals surface area contributed by atoms with E-state index in [-0.39, 0.29) is 0 Å². The van der Waals surface area contributed by atoms with Crippen molar-refractivity contribution in [1.29, 1.82) is 0 Å².